The number of allylic oxidation sites excluding steroid dienone is 4. The molecule has 0 aromatic heterocycles. The Kier molecular flexibility index (Phi) is 4.33. The van der Waals surface area contributed by atoms with Gasteiger partial charge in [-0.25, -0.2) is 0 Å². The summed E-state index contributed by atoms with van der Waals surface area (Å²) in [6.45, 7) is 6.25. The van der Waals surface area contributed by atoms with E-state index in [4.69, 9.17) is 0 Å². The van der Waals surface area contributed by atoms with E-state index < -0.39 is 0 Å². The van der Waals surface area contributed by atoms with Crippen molar-refractivity contribution in [3.05, 3.63) is 24.3 Å². The van der Waals surface area contributed by atoms with Crippen LogP contribution in [0.3, 0.4) is 0 Å². The van der Waals surface area contributed by atoms with Gasteiger partial charge in [-0.15, -0.1) is 0 Å². The molecule has 0 N–H and O–H groups in total. The zero-order valence-corrected chi connectivity index (χ0v) is 5.89. The number of rotatable bonds is 2. The molecule has 8 heavy (non-hydrogen) atoms. The van der Waals surface area contributed by atoms with Crippen LogP contribution in [0.25, 0.3) is 0 Å². The molecular formula is C8H14. The Morgan fingerprint density at radius 3 is 1.62 bits per heavy atom. The van der Waals surface area contributed by atoms with Gasteiger partial charge >= 0.3 is 0 Å². The van der Waals surface area contributed by atoms with Gasteiger partial charge < -0.3 is 0 Å². The van der Waals surface area contributed by atoms with Crippen LogP contribution in [-0.2, 0) is 0 Å². The lowest BCUT2D eigenvalue weighted by Gasteiger charge is -1.92. The molecule has 0 heteroatoms. The maximum absolute atomic E-state index is 2.17. The van der Waals surface area contributed by atoms with Crippen molar-refractivity contribution in [3.63, 3.8) is 0 Å². The van der Waals surface area contributed by atoms with E-state index in [9.17, 15) is 0 Å². The molecule has 0 fully saturated rings. The summed E-state index contributed by atoms with van der Waals surface area (Å²) in [6, 6.07) is 0. The van der Waals surface area contributed by atoms with Crippen LogP contribution < -0.4 is 0 Å². The van der Waals surface area contributed by atoms with Crippen molar-refractivity contribution >= 4 is 0 Å². The van der Waals surface area contributed by atoms with Crippen LogP contribution >= 0.6 is 0 Å². The first-order chi connectivity index (χ1) is 3.81. The molecular weight excluding hydrogens is 96.1 g/mol. The van der Waals surface area contributed by atoms with E-state index in [1.807, 2.05) is 13.8 Å². The van der Waals surface area contributed by atoms with E-state index in [0.717, 1.165) is 0 Å². The van der Waals surface area contributed by atoms with Gasteiger partial charge in [0.15, 0.2) is 0 Å². The van der Waals surface area contributed by atoms with Crippen molar-refractivity contribution in [3.8, 4) is 0 Å². The lowest BCUT2D eigenvalue weighted by molar-refractivity contribution is 0.935. The fraction of sp³-hybridized carbons (Fsp3) is 0.500. The topological polar surface area (TPSA) is 0 Å². The maximum Gasteiger partial charge on any atom is -0.00821 e. The summed E-state index contributed by atoms with van der Waals surface area (Å²) in [5.41, 5.74) is 0. The van der Waals surface area contributed by atoms with Crippen molar-refractivity contribution in [2.75, 3.05) is 0 Å². The van der Waals surface area contributed by atoms with E-state index in [1.54, 1.807) is 0 Å². The Bertz CT molecular complexity index is 76.2. The first kappa shape index (κ1) is 7.48. The average Bonchev–Trinajstić information content (AvgIpc) is 1.68. The highest BCUT2D eigenvalue weighted by atomic mass is 13.9. The lowest BCUT2D eigenvalue weighted by Crippen LogP contribution is -1.78. The highest BCUT2D eigenvalue weighted by Gasteiger charge is 1.83. The van der Waals surface area contributed by atoms with E-state index in [0.29, 0.717) is 5.92 Å². The highest BCUT2D eigenvalue weighted by Crippen LogP contribution is 1.97. The fourth-order valence-electron chi connectivity index (χ4n) is 0.671. The van der Waals surface area contributed by atoms with E-state index in [1.165, 1.54) is 0 Å². The second kappa shape index (κ2) is 4.63. The molecule has 46 valence electrons. The van der Waals surface area contributed by atoms with Crippen molar-refractivity contribution in [1.82, 2.24) is 0 Å². The summed E-state index contributed by atoms with van der Waals surface area (Å²) in [6.07, 6.45) is 8.48. The third kappa shape index (κ3) is 3.66. The molecule has 0 saturated carbocycles. The van der Waals surface area contributed by atoms with Crippen molar-refractivity contribution in [1.29, 1.82) is 0 Å². The molecule has 0 heterocycles. The molecule has 1 unspecified atom stereocenters. The van der Waals surface area contributed by atoms with Gasteiger partial charge in [0.05, 0.1) is 0 Å². The molecule has 0 radical (unpaired) electrons. The summed E-state index contributed by atoms with van der Waals surface area (Å²) in [5, 5.41) is 0. The molecule has 0 bridgehead atoms. The summed E-state index contributed by atoms with van der Waals surface area (Å²) < 4.78 is 0. The molecule has 0 rings (SSSR count). The number of hydrogen-bond donors (Lipinski definition) is 0. The third-order valence-corrected chi connectivity index (χ3v) is 0.992. The van der Waals surface area contributed by atoms with E-state index in [2.05, 4.69) is 31.2 Å². The van der Waals surface area contributed by atoms with Crippen LogP contribution in [-0.4, -0.2) is 0 Å². The van der Waals surface area contributed by atoms with E-state index >= 15 is 0 Å². The molecule has 0 amide bonds. The minimum atomic E-state index is 0.602. The second-order valence-corrected chi connectivity index (χ2v) is 1.91. The van der Waals surface area contributed by atoms with Gasteiger partial charge in [0.25, 0.3) is 0 Å². The van der Waals surface area contributed by atoms with Gasteiger partial charge in [-0.1, -0.05) is 31.2 Å². The average molecular weight is 110 g/mol. The molecule has 0 aromatic carbocycles. The van der Waals surface area contributed by atoms with Gasteiger partial charge in [-0.3, -0.25) is 0 Å². The predicted octanol–water partition coefficient (Wildman–Crippen LogP) is 2.77. The molecule has 0 aromatic rings. The van der Waals surface area contributed by atoms with Crippen molar-refractivity contribution in [2.45, 2.75) is 20.8 Å². The third-order valence-electron chi connectivity index (χ3n) is 0.992. The van der Waals surface area contributed by atoms with Gasteiger partial charge in [0.1, 0.15) is 0 Å². The largest absolute Gasteiger partial charge is 0.0911 e. The molecule has 0 aliphatic heterocycles. The minimum absolute atomic E-state index is 0.602. The first-order valence-corrected chi connectivity index (χ1v) is 3.07. The minimum Gasteiger partial charge on any atom is -0.0911 e. The van der Waals surface area contributed by atoms with Crippen LogP contribution in [0.4, 0.5) is 0 Å². The normalized spacial score (nSPS) is 15.9. The van der Waals surface area contributed by atoms with Gasteiger partial charge in [0.2, 0.25) is 0 Å². The molecule has 1 atom stereocenters. The Balaban J connectivity index is 3.47. The summed E-state index contributed by atoms with van der Waals surface area (Å²) in [5.74, 6) is 0.602. The fourth-order valence-corrected chi connectivity index (χ4v) is 0.671. The quantitative estimate of drug-likeness (QED) is 0.479. The summed E-state index contributed by atoms with van der Waals surface area (Å²) >= 11 is 0. The second-order valence-electron chi connectivity index (χ2n) is 1.91. The predicted molar refractivity (Wildman–Crippen MR) is 38.8 cm³/mol. The molecule has 0 aliphatic carbocycles. The van der Waals surface area contributed by atoms with E-state index in [-0.39, 0.29) is 0 Å². The van der Waals surface area contributed by atoms with Crippen LogP contribution in [0.1, 0.15) is 20.8 Å². The van der Waals surface area contributed by atoms with Crippen LogP contribution in [0.5, 0.6) is 0 Å². The SMILES string of the molecule is CC=CC(C)/C=C/C. The number of hydrogen-bond acceptors (Lipinski definition) is 0. The Hall–Kier alpha value is -0.520. The van der Waals surface area contributed by atoms with Crippen molar-refractivity contribution < 1.29 is 0 Å². The van der Waals surface area contributed by atoms with Crippen molar-refractivity contribution in [2.24, 2.45) is 5.92 Å². The van der Waals surface area contributed by atoms with Gasteiger partial charge in [-0.05, 0) is 19.8 Å². The smallest absolute Gasteiger partial charge is 0.00821 e. The van der Waals surface area contributed by atoms with Crippen LogP contribution in [0.2, 0.25) is 0 Å². The standard InChI is InChI=1S/C8H14/c1-4-6-8(3)7-5-2/h4-8H,1-3H3/b6-4+,7-5?. The van der Waals surface area contributed by atoms with Gasteiger partial charge in [-0.2, -0.15) is 0 Å². The zero-order valence-electron chi connectivity index (χ0n) is 5.89. The maximum atomic E-state index is 2.17. The Morgan fingerprint density at radius 1 is 1.00 bits per heavy atom. The molecule has 0 aliphatic rings. The highest BCUT2D eigenvalue weighted by molar-refractivity contribution is 4.95. The zero-order chi connectivity index (χ0) is 6.41. The molecule has 0 spiro atoms. The van der Waals surface area contributed by atoms with Crippen LogP contribution in [0, 0.1) is 5.92 Å². The summed E-state index contributed by atoms with van der Waals surface area (Å²) in [4.78, 5) is 0. The molecule has 0 saturated heterocycles. The van der Waals surface area contributed by atoms with Crippen LogP contribution in [0.15, 0.2) is 24.3 Å². The Labute approximate surface area is 51.9 Å². The first-order valence-electron chi connectivity index (χ1n) is 3.07. The van der Waals surface area contributed by atoms with Gasteiger partial charge in [0, 0.05) is 0 Å². The Morgan fingerprint density at radius 2 is 1.38 bits per heavy atom. The molecule has 0 nitrogen and oxygen atoms in total. The monoisotopic (exact) mass is 110 g/mol. The lowest BCUT2D eigenvalue weighted by atomic mass is 10.1. The summed E-state index contributed by atoms with van der Waals surface area (Å²) in [7, 11) is 0.